The standard InChI is InChI=1S/C11H21BrN2O2S/c12-7-3-5-11-6-4-10-14(11)17(15,16)13-8-1-2-9-13/h11H,1-10H2. The fraction of sp³-hybridized carbons (Fsp3) is 1.00. The van der Waals surface area contributed by atoms with Gasteiger partial charge in [-0.3, -0.25) is 0 Å². The first-order valence-corrected chi connectivity index (χ1v) is 9.01. The SMILES string of the molecule is O=S(=O)(N1CCCC1)N1CCCC1CCCBr. The minimum Gasteiger partial charge on any atom is -0.195 e. The molecule has 0 radical (unpaired) electrons. The van der Waals surface area contributed by atoms with Crippen LogP contribution in [0.1, 0.15) is 38.5 Å². The first kappa shape index (κ1) is 13.8. The van der Waals surface area contributed by atoms with Gasteiger partial charge in [-0.1, -0.05) is 15.9 Å². The summed E-state index contributed by atoms with van der Waals surface area (Å²) in [6.45, 7) is 2.14. The van der Waals surface area contributed by atoms with E-state index in [4.69, 9.17) is 0 Å². The molecule has 100 valence electrons. The van der Waals surface area contributed by atoms with Gasteiger partial charge in [0.25, 0.3) is 10.2 Å². The maximum atomic E-state index is 12.4. The maximum absolute atomic E-state index is 12.4. The number of halogens is 1. The molecule has 0 aromatic carbocycles. The van der Waals surface area contributed by atoms with Crippen molar-refractivity contribution in [1.82, 2.24) is 8.61 Å². The molecule has 2 heterocycles. The normalized spacial score (nSPS) is 27.9. The van der Waals surface area contributed by atoms with E-state index in [1.807, 2.05) is 0 Å². The van der Waals surface area contributed by atoms with Crippen LogP contribution in [0.5, 0.6) is 0 Å². The van der Waals surface area contributed by atoms with Crippen LogP contribution in [-0.4, -0.2) is 48.0 Å². The van der Waals surface area contributed by atoms with E-state index in [9.17, 15) is 8.42 Å². The van der Waals surface area contributed by atoms with Crippen molar-refractivity contribution in [3.63, 3.8) is 0 Å². The van der Waals surface area contributed by atoms with Crippen LogP contribution in [0.3, 0.4) is 0 Å². The smallest absolute Gasteiger partial charge is 0.195 e. The summed E-state index contributed by atoms with van der Waals surface area (Å²) in [6.07, 6.45) is 6.10. The molecule has 1 unspecified atom stereocenters. The Bertz CT molecular complexity index is 341. The Morgan fingerprint density at radius 1 is 1.12 bits per heavy atom. The van der Waals surface area contributed by atoms with Crippen LogP contribution in [0.4, 0.5) is 0 Å². The molecule has 2 fully saturated rings. The molecule has 17 heavy (non-hydrogen) atoms. The molecule has 2 rings (SSSR count). The molecule has 0 spiro atoms. The van der Waals surface area contributed by atoms with Crippen LogP contribution in [0.2, 0.25) is 0 Å². The van der Waals surface area contributed by atoms with Gasteiger partial charge in [0, 0.05) is 31.0 Å². The lowest BCUT2D eigenvalue weighted by atomic mass is 10.1. The van der Waals surface area contributed by atoms with Gasteiger partial charge in [-0.2, -0.15) is 17.0 Å². The van der Waals surface area contributed by atoms with Crippen molar-refractivity contribution < 1.29 is 8.42 Å². The van der Waals surface area contributed by atoms with Crippen molar-refractivity contribution in [1.29, 1.82) is 0 Å². The molecule has 6 heteroatoms. The van der Waals surface area contributed by atoms with E-state index < -0.39 is 10.2 Å². The predicted octanol–water partition coefficient (Wildman–Crippen LogP) is 1.97. The third-order valence-electron chi connectivity index (χ3n) is 3.68. The van der Waals surface area contributed by atoms with Gasteiger partial charge in [-0.15, -0.1) is 0 Å². The zero-order valence-corrected chi connectivity index (χ0v) is 12.5. The highest BCUT2D eigenvalue weighted by atomic mass is 79.9. The highest BCUT2D eigenvalue weighted by Gasteiger charge is 2.38. The Morgan fingerprint density at radius 2 is 1.82 bits per heavy atom. The van der Waals surface area contributed by atoms with Gasteiger partial charge in [-0.05, 0) is 38.5 Å². The molecule has 2 saturated heterocycles. The minimum absolute atomic E-state index is 0.234. The van der Waals surface area contributed by atoms with Crippen LogP contribution in [0, 0.1) is 0 Å². The van der Waals surface area contributed by atoms with Gasteiger partial charge in [0.15, 0.2) is 0 Å². The van der Waals surface area contributed by atoms with Crippen molar-refractivity contribution in [3.05, 3.63) is 0 Å². The molecule has 0 amide bonds. The van der Waals surface area contributed by atoms with Crippen molar-refractivity contribution in [2.75, 3.05) is 25.0 Å². The molecule has 1 atom stereocenters. The molecule has 0 aromatic heterocycles. The second kappa shape index (κ2) is 5.99. The average Bonchev–Trinajstić information content (AvgIpc) is 2.97. The van der Waals surface area contributed by atoms with Crippen LogP contribution in [0.15, 0.2) is 0 Å². The fourth-order valence-electron chi connectivity index (χ4n) is 2.78. The molecular weight excluding hydrogens is 304 g/mol. The summed E-state index contributed by atoms with van der Waals surface area (Å²) in [7, 11) is -3.17. The largest absolute Gasteiger partial charge is 0.282 e. The van der Waals surface area contributed by atoms with E-state index in [2.05, 4.69) is 15.9 Å². The molecule has 0 aliphatic carbocycles. The first-order valence-electron chi connectivity index (χ1n) is 6.49. The molecular formula is C11H21BrN2O2S. The topological polar surface area (TPSA) is 40.6 Å². The maximum Gasteiger partial charge on any atom is 0.282 e. The number of hydrogen-bond donors (Lipinski definition) is 0. The third-order valence-corrected chi connectivity index (χ3v) is 6.33. The minimum atomic E-state index is -3.17. The Morgan fingerprint density at radius 3 is 2.47 bits per heavy atom. The van der Waals surface area contributed by atoms with E-state index in [-0.39, 0.29) is 6.04 Å². The van der Waals surface area contributed by atoms with Crippen molar-refractivity contribution in [2.45, 2.75) is 44.6 Å². The van der Waals surface area contributed by atoms with E-state index in [0.29, 0.717) is 19.6 Å². The lowest BCUT2D eigenvalue weighted by Crippen LogP contribution is -2.44. The zero-order valence-electron chi connectivity index (χ0n) is 10.1. The summed E-state index contributed by atoms with van der Waals surface area (Å²) in [6, 6.07) is 0.234. The quantitative estimate of drug-likeness (QED) is 0.725. The summed E-state index contributed by atoms with van der Waals surface area (Å²) < 4.78 is 28.3. The summed E-state index contributed by atoms with van der Waals surface area (Å²) in [5.41, 5.74) is 0. The summed E-state index contributed by atoms with van der Waals surface area (Å²) in [5, 5.41) is 0.959. The summed E-state index contributed by atoms with van der Waals surface area (Å²) >= 11 is 3.41. The molecule has 0 bridgehead atoms. The van der Waals surface area contributed by atoms with Gasteiger partial charge in [0.05, 0.1) is 0 Å². The average molecular weight is 325 g/mol. The van der Waals surface area contributed by atoms with Gasteiger partial charge in [-0.25, -0.2) is 0 Å². The third kappa shape index (κ3) is 3.03. The number of hydrogen-bond acceptors (Lipinski definition) is 2. The second-order valence-corrected chi connectivity index (χ2v) is 7.53. The molecule has 4 nitrogen and oxygen atoms in total. The molecule has 0 aromatic rings. The Balaban J connectivity index is 2.03. The zero-order chi connectivity index (χ0) is 12.3. The molecule has 2 aliphatic rings. The first-order chi connectivity index (χ1) is 8.16. The fourth-order valence-corrected chi connectivity index (χ4v) is 5.07. The molecule has 2 aliphatic heterocycles. The lowest BCUT2D eigenvalue weighted by Gasteiger charge is -2.28. The van der Waals surface area contributed by atoms with E-state index in [1.54, 1.807) is 8.61 Å². The van der Waals surface area contributed by atoms with Crippen molar-refractivity contribution >= 4 is 26.1 Å². The summed E-state index contributed by atoms with van der Waals surface area (Å²) in [4.78, 5) is 0. The van der Waals surface area contributed by atoms with Crippen LogP contribution < -0.4 is 0 Å². The highest BCUT2D eigenvalue weighted by molar-refractivity contribution is 9.09. The molecule has 0 N–H and O–H groups in total. The molecule has 0 saturated carbocycles. The number of nitrogens with zero attached hydrogens (tertiary/aromatic N) is 2. The van der Waals surface area contributed by atoms with E-state index in [0.717, 1.165) is 43.9 Å². The lowest BCUT2D eigenvalue weighted by molar-refractivity contribution is 0.332. The van der Waals surface area contributed by atoms with Crippen LogP contribution in [0.25, 0.3) is 0 Å². The number of rotatable bonds is 5. The number of alkyl halides is 1. The Hall–Kier alpha value is 0.350. The summed E-state index contributed by atoms with van der Waals surface area (Å²) in [5.74, 6) is 0. The van der Waals surface area contributed by atoms with Gasteiger partial charge in [0.1, 0.15) is 0 Å². The van der Waals surface area contributed by atoms with Crippen LogP contribution >= 0.6 is 15.9 Å². The van der Waals surface area contributed by atoms with Crippen molar-refractivity contribution in [2.24, 2.45) is 0 Å². The second-order valence-electron chi connectivity index (χ2n) is 4.85. The van der Waals surface area contributed by atoms with E-state index >= 15 is 0 Å². The Labute approximate surface area is 113 Å². The Kier molecular flexibility index (Phi) is 4.86. The monoisotopic (exact) mass is 324 g/mol. The van der Waals surface area contributed by atoms with Gasteiger partial charge >= 0.3 is 0 Å². The van der Waals surface area contributed by atoms with Crippen molar-refractivity contribution in [3.8, 4) is 0 Å². The highest BCUT2D eigenvalue weighted by Crippen LogP contribution is 2.28. The van der Waals surface area contributed by atoms with Gasteiger partial charge in [0.2, 0.25) is 0 Å². The predicted molar refractivity (Wildman–Crippen MR) is 72.5 cm³/mol. The van der Waals surface area contributed by atoms with Gasteiger partial charge < -0.3 is 0 Å². The van der Waals surface area contributed by atoms with Crippen LogP contribution in [-0.2, 0) is 10.2 Å². The van der Waals surface area contributed by atoms with E-state index in [1.165, 1.54) is 0 Å².